The first-order valence-electron chi connectivity index (χ1n) is 7.56. The summed E-state index contributed by atoms with van der Waals surface area (Å²) in [6, 6.07) is 16.8. The number of hydrogen-bond acceptors (Lipinski definition) is 3. The fourth-order valence-electron chi connectivity index (χ4n) is 2.74. The largest absolute Gasteiger partial charge is 0.491 e. The number of aryl methyl sites for hydroxylation is 1. The van der Waals surface area contributed by atoms with Crippen LogP contribution in [0.2, 0.25) is 0 Å². The topological polar surface area (TPSA) is 24.5 Å². The molecule has 1 N–H and O–H groups in total. The van der Waals surface area contributed by atoms with Gasteiger partial charge in [0.1, 0.15) is 12.4 Å². The molecule has 3 heteroatoms. The molecule has 110 valence electrons. The summed E-state index contributed by atoms with van der Waals surface area (Å²) in [5, 5.41) is 3.47. The van der Waals surface area contributed by atoms with E-state index in [2.05, 4.69) is 47.5 Å². The first-order chi connectivity index (χ1) is 10.3. The van der Waals surface area contributed by atoms with Gasteiger partial charge in [-0.3, -0.25) is 0 Å². The van der Waals surface area contributed by atoms with E-state index in [-0.39, 0.29) is 0 Å². The molecule has 1 heterocycles. The van der Waals surface area contributed by atoms with Crippen LogP contribution in [0.4, 0.5) is 5.69 Å². The van der Waals surface area contributed by atoms with Crippen LogP contribution in [0.15, 0.2) is 48.5 Å². The molecular formula is C18H22N2O. The quantitative estimate of drug-likeness (QED) is 0.933. The van der Waals surface area contributed by atoms with Gasteiger partial charge in [0.15, 0.2) is 0 Å². The lowest BCUT2D eigenvalue weighted by atomic mass is 10.1. The smallest absolute Gasteiger partial charge is 0.122 e. The minimum absolute atomic E-state index is 0.708. The Morgan fingerprint density at radius 1 is 1.10 bits per heavy atom. The highest BCUT2D eigenvalue weighted by molar-refractivity contribution is 5.54. The zero-order valence-corrected chi connectivity index (χ0v) is 12.5. The summed E-state index contributed by atoms with van der Waals surface area (Å²) in [6.07, 6.45) is 0. The molecular weight excluding hydrogens is 260 g/mol. The molecule has 0 aromatic heterocycles. The van der Waals surface area contributed by atoms with Crippen molar-refractivity contribution >= 4 is 5.69 Å². The molecule has 0 unspecified atom stereocenters. The van der Waals surface area contributed by atoms with E-state index in [1.807, 2.05) is 18.2 Å². The molecule has 1 aliphatic heterocycles. The van der Waals surface area contributed by atoms with Crippen LogP contribution in [-0.4, -0.2) is 26.2 Å². The van der Waals surface area contributed by atoms with Gasteiger partial charge in [-0.25, -0.2) is 0 Å². The van der Waals surface area contributed by atoms with Crippen molar-refractivity contribution in [3.8, 4) is 5.75 Å². The molecule has 1 aliphatic rings. The standard InChI is InChI=1S/C18H22N2O/c1-15-6-2-5-9-18(15)21-13-12-20-11-10-19-14-16-7-3-4-8-17(16)20/h2-9,19H,10-14H2,1H3. The maximum Gasteiger partial charge on any atom is 0.122 e. The van der Waals surface area contributed by atoms with Crippen molar-refractivity contribution < 1.29 is 4.74 Å². The molecule has 0 radical (unpaired) electrons. The molecule has 0 saturated carbocycles. The van der Waals surface area contributed by atoms with Gasteiger partial charge >= 0.3 is 0 Å². The number of nitrogens with one attached hydrogen (secondary N) is 1. The molecule has 3 nitrogen and oxygen atoms in total. The molecule has 2 aromatic carbocycles. The highest BCUT2D eigenvalue weighted by atomic mass is 16.5. The fraction of sp³-hybridized carbons (Fsp3) is 0.333. The third-order valence-corrected chi connectivity index (χ3v) is 3.92. The van der Waals surface area contributed by atoms with Gasteiger partial charge in [-0.15, -0.1) is 0 Å². The number of rotatable bonds is 4. The number of nitrogens with zero attached hydrogens (tertiary/aromatic N) is 1. The second-order valence-electron chi connectivity index (χ2n) is 5.41. The van der Waals surface area contributed by atoms with Gasteiger partial charge in [-0.05, 0) is 30.2 Å². The highest BCUT2D eigenvalue weighted by Crippen LogP contribution is 2.22. The molecule has 0 saturated heterocycles. The molecule has 21 heavy (non-hydrogen) atoms. The summed E-state index contributed by atoms with van der Waals surface area (Å²) in [4.78, 5) is 2.41. The molecule has 3 rings (SSSR count). The van der Waals surface area contributed by atoms with Crippen molar-refractivity contribution in [1.82, 2.24) is 5.32 Å². The molecule has 0 bridgehead atoms. The van der Waals surface area contributed by atoms with Gasteiger partial charge in [0, 0.05) is 25.3 Å². The van der Waals surface area contributed by atoms with Gasteiger partial charge in [-0.2, -0.15) is 0 Å². The number of benzene rings is 2. The minimum atomic E-state index is 0.708. The Labute approximate surface area is 126 Å². The number of fused-ring (bicyclic) bond motifs is 1. The van der Waals surface area contributed by atoms with Crippen LogP contribution in [0.3, 0.4) is 0 Å². The Kier molecular flexibility index (Phi) is 4.41. The molecule has 0 amide bonds. The van der Waals surface area contributed by atoms with Crippen LogP contribution in [0.1, 0.15) is 11.1 Å². The lowest BCUT2D eigenvalue weighted by Crippen LogP contribution is -2.32. The van der Waals surface area contributed by atoms with Gasteiger partial charge in [-0.1, -0.05) is 36.4 Å². The lowest BCUT2D eigenvalue weighted by molar-refractivity contribution is 0.321. The second-order valence-corrected chi connectivity index (χ2v) is 5.41. The van der Waals surface area contributed by atoms with Crippen LogP contribution in [0, 0.1) is 6.92 Å². The van der Waals surface area contributed by atoms with Crippen molar-refractivity contribution in [2.75, 3.05) is 31.1 Å². The van der Waals surface area contributed by atoms with Crippen molar-refractivity contribution in [3.05, 3.63) is 59.7 Å². The van der Waals surface area contributed by atoms with E-state index in [0.717, 1.165) is 31.9 Å². The number of anilines is 1. The van der Waals surface area contributed by atoms with Crippen LogP contribution < -0.4 is 15.0 Å². The van der Waals surface area contributed by atoms with E-state index >= 15 is 0 Å². The van der Waals surface area contributed by atoms with E-state index in [1.165, 1.54) is 16.8 Å². The van der Waals surface area contributed by atoms with Crippen LogP contribution >= 0.6 is 0 Å². The normalized spacial score (nSPS) is 14.4. The maximum absolute atomic E-state index is 5.93. The second kappa shape index (κ2) is 6.64. The van der Waals surface area contributed by atoms with Crippen LogP contribution in [-0.2, 0) is 6.54 Å². The third kappa shape index (κ3) is 3.37. The summed E-state index contributed by atoms with van der Waals surface area (Å²) >= 11 is 0. The summed E-state index contributed by atoms with van der Waals surface area (Å²) in [6.45, 7) is 6.69. The highest BCUT2D eigenvalue weighted by Gasteiger charge is 2.14. The van der Waals surface area contributed by atoms with Crippen LogP contribution in [0.25, 0.3) is 0 Å². The molecule has 0 spiro atoms. The zero-order valence-electron chi connectivity index (χ0n) is 12.5. The Morgan fingerprint density at radius 2 is 1.90 bits per heavy atom. The predicted molar refractivity (Wildman–Crippen MR) is 87.0 cm³/mol. The maximum atomic E-state index is 5.93. The zero-order chi connectivity index (χ0) is 14.5. The van der Waals surface area contributed by atoms with Crippen molar-refractivity contribution in [2.45, 2.75) is 13.5 Å². The van der Waals surface area contributed by atoms with E-state index < -0.39 is 0 Å². The minimum Gasteiger partial charge on any atom is -0.491 e. The average molecular weight is 282 g/mol. The summed E-state index contributed by atoms with van der Waals surface area (Å²) in [5.41, 5.74) is 3.89. The van der Waals surface area contributed by atoms with Crippen molar-refractivity contribution in [1.29, 1.82) is 0 Å². The Morgan fingerprint density at radius 3 is 2.81 bits per heavy atom. The third-order valence-electron chi connectivity index (χ3n) is 3.92. The lowest BCUT2D eigenvalue weighted by Gasteiger charge is -2.24. The van der Waals surface area contributed by atoms with E-state index in [0.29, 0.717) is 6.61 Å². The van der Waals surface area contributed by atoms with Gasteiger partial charge in [0.2, 0.25) is 0 Å². The Bertz CT molecular complexity index is 597. The van der Waals surface area contributed by atoms with E-state index in [9.17, 15) is 0 Å². The molecule has 2 aromatic rings. The Balaban J connectivity index is 1.64. The summed E-state index contributed by atoms with van der Waals surface area (Å²) in [7, 11) is 0. The predicted octanol–water partition coefficient (Wildman–Crippen LogP) is 2.98. The molecule has 0 aliphatic carbocycles. The van der Waals surface area contributed by atoms with Crippen molar-refractivity contribution in [2.24, 2.45) is 0 Å². The molecule has 0 atom stereocenters. The summed E-state index contributed by atoms with van der Waals surface area (Å²) in [5.74, 6) is 0.985. The van der Waals surface area contributed by atoms with Gasteiger partial charge in [0.05, 0.1) is 6.54 Å². The first-order valence-corrected chi connectivity index (χ1v) is 7.56. The first kappa shape index (κ1) is 14.0. The SMILES string of the molecule is Cc1ccccc1OCCN1CCNCc2ccccc21. The molecule has 0 fully saturated rings. The monoisotopic (exact) mass is 282 g/mol. The van der Waals surface area contributed by atoms with Gasteiger partial charge < -0.3 is 15.0 Å². The Hall–Kier alpha value is -2.00. The fourth-order valence-corrected chi connectivity index (χ4v) is 2.74. The van der Waals surface area contributed by atoms with Crippen molar-refractivity contribution in [3.63, 3.8) is 0 Å². The van der Waals surface area contributed by atoms with Gasteiger partial charge in [0.25, 0.3) is 0 Å². The van der Waals surface area contributed by atoms with E-state index in [4.69, 9.17) is 4.74 Å². The average Bonchev–Trinajstić information content (AvgIpc) is 2.72. The number of para-hydroxylation sites is 2. The van der Waals surface area contributed by atoms with E-state index in [1.54, 1.807) is 0 Å². The number of hydrogen-bond donors (Lipinski definition) is 1. The number of ether oxygens (including phenoxy) is 1. The van der Waals surface area contributed by atoms with Crippen LogP contribution in [0.5, 0.6) is 5.75 Å². The summed E-state index contributed by atoms with van der Waals surface area (Å²) < 4.78 is 5.93.